The lowest BCUT2D eigenvalue weighted by Crippen LogP contribution is -1.95. The molecule has 0 spiro atoms. The lowest BCUT2D eigenvalue weighted by molar-refractivity contribution is 0.554. The van der Waals surface area contributed by atoms with Crippen molar-refractivity contribution in [1.82, 2.24) is 0 Å². The van der Waals surface area contributed by atoms with Gasteiger partial charge in [0.15, 0.2) is 0 Å². The minimum absolute atomic E-state index is 0.836. The van der Waals surface area contributed by atoms with Crippen LogP contribution in [0, 0.1) is 5.92 Å². The summed E-state index contributed by atoms with van der Waals surface area (Å²) in [5.74, 6) is 0.836. The van der Waals surface area contributed by atoms with E-state index < -0.39 is 0 Å². The Morgan fingerprint density at radius 1 is 1.80 bits per heavy atom. The van der Waals surface area contributed by atoms with E-state index in [1.54, 1.807) is 0 Å². The lowest BCUT2D eigenvalue weighted by atomic mass is 9.96. The van der Waals surface area contributed by atoms with Gasteiger partial charge in [0, 0.05) is 0 Å². The molecule has 0 aliphatic heterocycles. The second kappa shape index (κ2) is 3.60. The summed E-state index contributed by atoms with van der Waals surface area (Å²) >= 11 is 0. The Labute approximate surface area is 63.6 Å². The van der Waals surface area contributed by atoms with Crippen LogP contribution >= 0.6 is 0 Å². The molecule has 0 bridgehead atoms. The molecule has 56 valence electrons. The van der Waals surface area contributed by atoms with Gasteiger partial charge >= 0.3 is 0 Å². The number of hydrogen-bond donors (Lipinski definition) is 0. The predicted molar refractivity (Wildman–Crippen MR) is 45.9 cm³/mol. The van der Waals surface area contributed by atoms with Gasteiger partial charge in [-0.2, -0.15) is 0 Å². The molecule has 0 aromatic heterocycles. The maximum atomic E-state index is 3.81. The molecule has 0 saturated heterocycles. The van der Waals surface area contributed by atoms with Crippen molar-refractivity contribution >= 4 is 0 Å². The third-order valence-corrected chi connectivity index (χ3v) is 2.24. The van der Waals surface area contributed by atoms with Crippen LogP contribution in [-0.2, 0) is 0 Å². The Morgan fingerprint density at radius 3 is 3.20 bits per heavy atom. The number of allylic oxidation sites excluding steroid dienone is 3. The molecule has 0 nitrogen and oxygen atoms in total. The fourth-order valence-corrected chi connectivity index (χ4v) is 1.69. The van der Waals surface area contributed by atoms with E-state index in [-0.39, 0.29) is 0 Å². The van der Waals surface area contributed by atoms with Crippen LogP contribution in [0.15, 0.2) is 24.3 Å². The second-order valence-electron chi connectivity index (χ2n) is 2.97. The van der Waals surface area contributed by atoms with Gasteiger partial charge in [-0.1, -0.05) is 32.1 Å². The van der Waals surface area contributed by atoms with E-state index in [2.05, 4.69) is 19.6 Å². The van der Waals surface area contributed by atoms with Crippen LogP contribution in [0.5, 0.6) is 0 Å². The summed E-state index contributed by atoms with van der Waals surface area (Å²) in [7, 11) is 0. The Balaban J connectivity index is 2.45. The molecule has 0 heterocycles. The fourth-order valence-electron chi connectivity index (χ4n) is 1.69. The summed E-state index contributed by atoms with van der Waals surface area (Å²) < 4.78 is 0. The van der Waals surface area contributed by atoms with Gasteiger partial charge in [0.05, 0.1) is 0 Å². The molecule has 0 saturated carbocycles. The van der Waals surface area contributed by atoms with Crippen molar-refractivity contribution in [2.45, 2.75) is 32.6 Å². The maximum Gasteiger partial charge on any atom is -0.0162 e. The standard InChI is InChI=1S/C10H16/c1-3-6-10-8-5-7-9(10)4-2/h4,7,10H,2-3,5-6,8H2,1H3. The van der Waals surface area contributed by atoms with E-state index >= 15 is 0 Å². The van der Waals surface area contributed by atoms with Crippen molar-refractivity contribution in [2.75, 3.05) is 0 Å². The topological polar surface area (TPSA) is 0 Å². The van der Waals surface area contributed by atoms with Crippen LogP contribution in [0.2, 0.25) is 0 Å². The highest BCUT2D eigenvalue weighted by Gasteiger charge is 2.14. The highest BCUT2D eigenvalue weighted by atomic mass is 14.2. The van der Waals surface area contributed by atoms with Gasteiger partial charge in [0.1, 0.15) is 0 Å². The summed E-state index contributed by atoms with van der Waals surface area (Å²) in [6.07, 6.45) is 9.62. The van der Waals surface area contributed by atoms with E-state index in [9.17, 15) is 0 Å². The van der Waals surface area contributed by atoms with Crippen molar-refractivity contribution in [3.63, 3.8) is 0 Å². The highest BCUT2D eigenvalue weighted by Crippen LogP contribution is 2.29. The van der Waals surface area contributed by atoms with Crippen molar-refractivity contribution in [2.24, 2.45) is 5.92 Å². The molecular weight excluding hydrogens is 120 g/mol. The highest BCUT2D eigenvalue weighted by molar-refractivity contribution is 5.23. The summed E-state index contributed by atoms with van der Waals surface area (Å²) in [6.45, 7) is 6.06. The van der Waals surface area contributed by atoms with E-state index in [0.29, 0.717) is 0 Å². The maximum absolute atomic E-state index is 3.81. The smallest absolute Gasteiger partial charge is 0.0162 e. The molecule has 0 radical (unpaired) electrons. The average molecular weight is 136 g/mol. The molecule has 0 aromatic carbocycles. The zero-order valence-electron chi connectivity index (χ0n) is 6.77. The van der Waals surface area contributed by atoms with Gasteiger partial charge in [0.2, 0.25) is 0 Å². The Hall–Kier alpha value is -0.520. The Kier molecular flexibility index (Phi) is 2.73. The SMILES string of the molecule is C=CC1=CCCC1CCC. The van der Waals surface area contributed by atoms with Gasteiger partial charge in [-0.05, 0) is 30.8 Å². The average Bonchev–Trinajstić information content (AvgIpc) is 2.36. The van der Waals surface area contributed by atoms with Crippen LogP contribution in [0.25, 0.3) is 0 Å². The molecule has 0 aromatic rings. The lowest BCUT2D eigenvalue weighted by Gasteiger charge is -2.09. The van der Waals surface area contributed by atoms with E-state index in [1.165, 1.54) is 31.3 Å². The van der Waals surface area contributed by atoms with Crippen molar-refractivity contribution in [3.8, 4) is 0 Å². The largest absolute Gasteiger partial charge is 0.0988 e. The first-order valence-corrected chi connectivity index (χ1v) is 4.21. The predicted octanol–water partition coefficient (Wildman–Crippen LogP) is 3.31. The third-order valence-electron chi connectivity index (χ3n) is 2.24. The molecule has 0 heteroatoms. The minimum Gasteiger partial charge on any atom is -0.0988 e. The van der Waals surface area contributed by atoms with E-state index in [1.807, 2.05) is 6.08 Å². The van der Waals surface area contributed by atoms with Gasteiger partial charge in [-0.15, -0.1) is 0 Å². The van der Waals surface area contributed by atoms with Crippen molar-refractivity contribution in [1.29, 1.82) is 0 Å². The normalized spacial score (nSPS) is 24.5. The van der Waals surface area contributed by atoms with E-state index in [0.717, 1.165) is 5.92 Å². The molecule has 1 rings (SSSR count). The van der Waals surface area contributed by atoms with Gasteiger partial charge in [0.25, 0.3) is 0 Å². The minimum atomic E-state index is 0.836. The monoisotopic (exact) mass is 136 g/mol. The first-order valence-electron chi connectivity index (χ1n) is 4.21. The molecular formula is C10H16. The van der Waals surface area contributed by atoms with Gasteiger partial charge < -0.3 is 0 Å². The molecule has 1 unspecified atom stereocenters. The molecule has 1 aliphatic rings. The van der Waals surface area contributed by atoms with Crippen molar-refractivity contribution < 1.29 is 0 Å². The third kappa shape index (κ3) is 1.50. The zero-order valence-corrected chi connectivity index (χ0v) is 6.77. The summed E-state index contributed by atoms with van der Waals surface area (Å²) in [5, 5.41) is 0. The molecule has 0 amide bonds. The van der Waals surface area contributed by atoms with Crippen molar-refractivity contribution in [3.05, 3.63) is 24.3 Å². The van der Waals surface area contributed by atoms with Crippen LogP contribution < -0.4 is 0 Å². The second-order valence-corrected chi connectivity index (χ2v) is 2.97. The first kappa shape index (κ1) is 7.59. The Bertz CT molecular complexity index is 142. The van der Waals surface area contributed by atoms with Crippen LogP contribution in [0.3, 0.4) is 0 Å². The first-order chi connectivity index (χ1) is 4.88. The van der Waals surface area contributed by atoms with Gasteiger partial charge in [-0.25, -0.2) is 0 Å². The number of rotatable bonds is 3. The summed E-state index contributed by atoms with van der Waals surface area (Å²) in [5.41, 5.74) is 1.49. The Morgan fingerprint density at radius 2 is 2.60 bits per heavy atom. The van der Waals surface area contributed by atoms with Gasteiger partial charge in [-0.3, -0.25) is 0 Å². The molecule has 1 aliphatic carbocycles. The molecule has 10 heavy (non-hydrogen) atoms. The molecule has 0 fully saturated rings. The fraction of sp³-hybridized carbons (Fsp3) is 0.600. The quantitative estimate of drug-likeness (QED) is 0.558. The van der Waals surface area contributed by atoms with E-state index in [4.69, 9.17) is 0 Å². The zero-order chi connectivity index (χ0) is 7.40. The van der Waals surface area contributed by atoms with Crippen LogP contribution in [-0.4, -0.2) is 0 Å². The number of hydrogen-bond acceptors (Lipinski definition) is 0. The van der Waals surface area contributed by atoms with Crippen LogP contribution in [0.1, 0.15) is 32.6 Å². The summed E-state index contributed by atoms with van der Waals surface area (Å²) in [4.78, 5) is 0. The van der Waals surface area contributed by atoms with Crippen LogP contribution in [0.4, 0.5) is 0 Å². The molecule has 0 N–H and O–H groups in total. The molecule has 1 atom stereocenters. The summed E-state index contributed by atoms with van der Waals surface area (Å²) in [6, 6.07) is 0.